The van der Waals surface area contributed by atoms with E-state index in [2.05, 4.69) is 4.98 Å². The molecule has 0 aliphatic heterocycles. The van der Waals surface area contributed by atoms with E-state index in [1.54, 1.807) is 55.6 Å². The molecule has 4 aromatic rings. The van der Waals surface area contributed by atoms with E-state index in [1.165, 1.54) is 21.9 Å². The van der Waals surface area contributed by atoms with Crippen LogP contribution in [-0.4, -0.2) is 24.5 Å². The number of benzene rings is 3. The summed E-state index contributed by atoms with van der Waals surface area (Å²) in [6, 6.07) is 21.6. The SMILES string of the molecule is COc1ccc(-c2nccn2S(=O)(=O)c2ccccc2)cc1OCc1ccc(C)cc1. The predicted molar refractivity (Wildman–Crippen MR) is 119 cm³/mol. The van der Waals surface area contributed by atoms with Crippen molar-refractivity contribution in [1.82, 2.24) is 8.96 Å². The summed E-state index contributed by atoms with van der Waals surface area (Å²) in [5.41, 5.74) is 2.80. The van der Waals surface area contributed by atoms with E-state index < -0.39 is 10.0 Å². The maximum Gasteiger partial charge on any atom is 0.269 e. The molecule has 158 valence electrons. The zero-order valence-corrected chi connectivity index (χ0v) is 18.0. The number of aryl methyl sites for hydroxylation is 1. The van der Waals surface area contributed by atoms with E-state index in [0.717, 1.165) is 5.56 Å². The van der Waals surface area contributed by atoms with Crippen molar-refractivity contribution in [1.29, 1.82) is 0 Å². The van der Waals surface area contributed by atoms with Crippen LogP contribution in [0.5, 0.6) is 11.5 Å². The Morgan fingerprint density at radius 2 is 1.68 bits per heavy atom. The molecule has 0 aliphatic carbocycles. The lowest BCUT2D eigenvalue weighted by Crippen LogP contribution is -2.13. The van der Waals surface area contributed by atoms with Gasteiger partial charge in [0.15, 0.2) is 17.3 Å². The normalized spacial score (nSPS) is 11.3. The number of methoxy groups -OCH3 is 1. The van der Waals surface area contributed by atoms with Gasteiger partial charge in [-0.3, -0.25) is 0 Å². The highest BCUT2D eigenvalue weighted by Gasteiger charge is 2.21. The number of nitrogens with zero attached hydrogens (tertiary/aromatic N) is 2. The van der Waals surface area contributed by atoms with Crippen LogP contribution < -0.4 is 9.47 Å². The van der Waals surface area contributed by atoms with Gasteiger partial charge in [0.2, 0.25) is 0 Å². The molecular formula is C24H22N2O4S. The maximum absolute atomic E-state index is 13.1. The molecule has 0 radical (unpaired) electrons. The number of rotatable bonds is 7. The lowest BCUT2D eigenvalue weighted by Gasteiger charge is -2.14. The van der Waals surface area contributed by atoms with Gasteiger partial charge in [0.1, 0.15) is 6.61 Å². The molecule has 6 nitrogen and oxygen atoms in total. The second-order valence-corrected chi connectivity index (χ2v) is 8.82. The van der Waals surface area contributed by atoms with Crippen molar-refractivity contribution in [3.63, 3.8) is 0 Å². The molecule has 4 rings (SSSR count). The van der Waals surface area contributed by atoms with Crippen molar-refractivity contribution >= 4 is 10.0 Å². The average Bonchev–Trinajstić information content (AvgIpc) is 3.30. The van der Waals surface area contributed by atoms with Crippen molar-refractivity contribution in [2.24, 2.45) is 0 Å². The van der Waals surface area contributed by atoms with Crippen LogP contribution in [-0.2, 0) is 16.6 Å². The zero-order chi connectivity index (χ0) is 21.8. The van der Waals surface area contributed by atoms with Crippen LogP contribution in [0.2, 0.25) is 0 Å². The first-order chi connectivity index (χ1) is 15.0. The first-order valence-electron chi connectivity index (χ1n) is 9.70. The molecule has 0 saturated carbocycles. The number of ether oxygens (including phenoxy) is 2. The molecule has 0 N–H and O–H groups in total. The van der Waals surface area contributed by atoms with Crippen molar-refractivity contribution in [2.45, 2.75) is 18.4 Å². The molecule has 0 aliphatic rings. The van der Waals surface area contributed by atoms with Gasteiger partial charge in [-0.25, -0.2) is 17.4 Å². The van der Waals surface area contributed by atoms with E-state index in [1.807, 2.05) is 31.2 Å². The van der Waals surface area contributed by atoms with Gasteiger partial charge in [0.25, 0.3) is 10.0 Å². The minimum absolute atomic E-state index is 0.193. The summed E-state index contributed by atoms with van der Waals surface area (Å²) in [5.74, 6) is 1.36. The Hall–Kier alpha value is -3.58. The molecule has 7 heteroatoms. The number of hydrogen-bond donors (Lipinski definition) is 0. The maximum atomic E-state index is 13.1. The minimum atomic E-state index is -3.78. The summed E-state index contributed by atoms with van der Waals surface area (Å²) in [6.45, 7) is 2.39. The molecule has 0 amide bonds. The number of aromatic nitrogens is 2. The van der Waals surface area contributed by atoms with Crippen molar-refractivity contribution in [3.8, 4) is 22.9 Å². The lowest BCUT2D eigenvalue weighted by atomic mass is 10.1. The largest absolute Gasteiger partial charge is 0.493 e. The van der Waals surface area contributed by atoms with E-state index in [0.29, 0.717) is 29.5 Å². The smallest absolute Gasteiger partial charge is 0.269 e. The Morgan fingerprint density at radius 1 is 0.935 bits per heavy atom. The number of hydrogen-bond acceptors (Lipinski definition) is 5. The van der Waals surface area contributed by atoms with Gasteiger partial charge in [-0.05, 0) is 42.8 Å². The topological polar surface area (TPSA) is 70.4 Å². The van der Waals surface area contributed by atoms with Crippen LogP contribution >= 0.6 is 0 Å². The first-order valence-corrected chi connectivity index (χ1v) is 11.1. The highest BCUT2D eigenvalue weighted by molar-refractivity contribution is 7.90. The Labute approximate surface area is 181 Å². The van der Waals surface area contributed by atoms with Gasteiger partial charge in [0, 0.05) is 18.0 Å². The molecule has 0 spiro atoms. The Balaban J connectivity index is 1.68. The van der Waals surface area contributed by atoms with Gasteiger partial charge < -0.3 is 9.47 Å². The molecule has 1 aromatic heterocycles. The van der Waals surface area contributed by atoms with Crippen LogP contribution in [0.15, 0.2) is 90.1 Å². The van der Waals surface area contributed by atoms with Crippen molar-refractivity contribution in [3.05, 3.63) is 96.3 Å². The standard InChI is InChI=1S/C24H22N2O4S/c1-18-8-10-19(11-9-18)17-30-23-16-20(12-13-22(23)29-2)24-25-14-15-26(24)31(27,28)21-6-4-3-5-7-21/h3-16H,17H2,1-2H3. The van der Waals surface area contributed by atoms with Crippen molar-refractivity contribution in [2.75, 3.05) is 7.11 Å². The Kier molecular flexibility index (Phi) is 5.77. The molecular weight excluding hydrogens is 412 g/mol. The summed E-state index contributed by atoms with van der Waals surface area (Å²) < 4.78 is 38.8. The van der Waals surface area contributed by atoms with Crippen LogP contribution in [0.3, 0.4) is 0 Å². The molecule has 0 unspecified atom stereocenters. The lowest BCUT2D eigenvalue weighted by molar-refractivity contribution is 0.284. The summed E-state index contributed by atoms with van der Waals surface area (Å²) >= 11 is 0. The second kappa shape index (κ2) is 8.65. The molecule has 31 heavy (non-hydrogen) atoms. The Morgan fingerprint density at radius 3 is 2.39 bits per heavy atom. The molecule has 0 saturated heterocycles. The average molecular weight is 435 g/mol. The first kappa shape index (κ1) is 20.7. The third-order valence-corrected chi connectivity index (χ3v) is 6.52. The molecule has 0 bridgehead atoms. The predicted octanol–water partition coefficient (Wildman–Crippen LogP) is 4.68. The van der Waals surface area contributed by atoms with Gasteiger partial charge in [-0.2, -0.15) is 0 Å². The monoisotopic (exact) mass is 434 g/mol. The van der Waals surface area contributed by atoms with Crippen molar-refractivity contribution < 1.29 is 17.9 Å². The molecule has 0 atom stereocenters. The van der Waals surface area contributed by atoms with Gasteiger partial charge in [-0.1, -0.05) is 48.0 Å². The van der Waals surface area contributed by atoms with E-state index in [4.69, 9.17) is 9.47 Å². The minimum Gasteiger partial charge on any atom is -0.493 e. The van der Waals surface area contributed by atoms with Gasteiger partial charge in [0.05, 0.1) is 12.0 Å². The van der Waals surface area contributed by atoms with Gasteiger partial charge in [-0.15, -0.1) is 0 Å². The summed E-state index contributed by atoms with van der Waals surface area (Å²) in [4.78, 5) is 4.48. The fourth-order valence-electron chi connectivity index (χ4n) is 3.17. The summed E-state index contributed by atoms with van der Waals surface area (Å²) in [7, 11) is -2.22. The van der Waals surface area contributed by atoms with Gasteiger partial charge >= 0.3 is 0 Å². The fourth-order valence-corrected chi connectivity index (χ4v) is 4.49. The van der Waals surface area contributed by atoms with Crippen LogP contribution in [0.25, 0.3) is 11.4 Å². The fraction of sp³-hybridized carbons (Fsp3) is 0.125. The summed E-state index contributed by atoms with van der Waals surface area (Å²) in [6.07, 6.45) is 2.90. The molecule has 3 aromatic carbocycles. The third kappa shape index (κ3) is 4.32. The Bertz CT molecular complexity index is 1280. The summed E-state index contributed by atoms with van der Waals surface area (Å²) in [5, 5.41) is 0. The quantitative estimate of drug-likeness (QED) is 0.422. The van der Waals surface area contributed by atoms with E-state index in [-0.39, 0.29) is 4.90 Å². The molecule has 1 heterocycles. The van der Waals surface area contributed by atoms with Crippen LogP contribution in [0.4, 0.5) is 0 Å². The van der Waals surface area contributed by atoms with E-state index >= 15 is 0 Å². The van der Waals surface area contributed by atoms with Crippen LogP contribution in [0, 0.1) is 6.92 Å². The van der Waals surface area contributed by atoms with Crippen LogP contribution in [0.1, 0.15) is 11.1 Å². The second-order valence-electron chi connectivity index (χ2n) is 7.00. The third-order valence-electron chi connectivity index (χ3n) is 4.84. The molecule has 0 fully saturated rings. The highest BCUT2D eigenvalue weighted by atomic mass is 32.2. The zero-order valence-electron chi connectivity index (χ0n) is 17.2. The van der Waals surface area contributed by atoms with E-state index in [9.17, 15) is 8.42 Å². The number of imidazole rings is 1. The highest BCUT2D eigenvalue weighted by Crippen LogP contribution is 2.33.